The van der Waals surface area contributed by atoms with Crippen LogP contribution in [0.4, 0.5) is 4.39 Å². The number of aliphatic hydroxyl groups is 1. The average molecular weight is 1620 g/mol. The van der Waals surface area contributed by atoms with Gasteiger partial charge in [-0.3, -0.25) is 13.6 Å². The largest absolute Gasteiger partial charge is 0.466 e. The first-order chi connectivity index (χ1) is 52.0. The predicted molar refractivity (Wildman–Crippen MR) is 475 cm³/mol. The SMILES string of the molecule is C#CC[N+](C)(C)CC.C#CC[N+](C)(C)CC(=C)C.C#CC[N+](C)(C)CC(=C)C.C#CC[N+](C)(C)CCC.C#CC[N+](C)(C)CCP(=O)(OCC)OCC.C#CC[N+](C)(C)CCP(C)(=O)O.C#CC[N+](C)(C)Cc1ncco1.C#CC[N+]1(CC#C)CCCN1.C#CC[N+]1(CF)CCC[C@H]1CO.C=CC[N+](C)(C)CC(=C)C(=O)OC. The minimum Gasteiger partial charge on any atom is -0.466 e. The Kier molecular flexibility index (Phi) is 66.8. The van der Waals surface area contributed by atoms with Crippen molar-refractivity contribution >= 4 is 20.9 Å². The molecule has 0 aliphatic carbocycles. The molecule has 0 aromatic carbocycles. The number of quaternary nitrogens is 10. The molecule has 638 valence electrons. The second-order valence-electron chi connectivity index (χ2n) is 33.7. The fourth-order valence-corrected chi connectivity index (χ4v) is 13.8. The van der Waals surface area contributed by atoms with E-state index in [1.165, 1.54) is 44.3 Å². The highest BCUT2D eigenvalue weighted by Crippen LogP contribution is 2.48. The Morgan fingerprint density at radius 1 is 0.611 bits per heavy atom. The van der Waals surface area contributed by atoms with Crippen LogP contribution in [0.2, 0.25) is 0 Å². The number of esters is 1. The monoisotopic (exact) mass is 1620 g/mol. The number of hydrogen-bond acceptors (Lipinski definition) is 10. The van der Waals surface area contributed by atoms with Crippen molar-refractivity contribution in [2.24, 2.45) is 0 Å². The van der Waals surface area contributed by atoms with E-state index in [2.05, 4.69) is 171 Å². The number of methoxy groups -OCH3 is 1. The number of aliphatic hydroxyl groups excluding tert-OH is 1. The van der Waals surface area contributed by atoms with Crippen LogP contribution in [-0.4, -0.2) is 375 Å². The number of ether oxygens (including phenoxy) is 1. The zero-order valence-electron chi connectivity index (χ0n) is 75.5. The van der Waals surface area contributed by atoms with Gasteiger partial charge in [0, 0.05) is 25.9 Å². The van der Waals surface area contributed by atoms with E-state index in [1.807, 2.05) is 90.2 Å². The van der Waals surface area contributed by atoms with Gasteiger partial charge in [-0.2, -0.15) is 9.82 Å². The second-order valence-corrected chi connectivity index (χ2v) is 38.5. The van der Waals surface area contributed by atoms with Crippen LogP contribution in [0.15, 0.2) is 66.0 Å². The first-order valence-electron chi connectivity index (χ1n) is 38.3. The van der Waals surface area contributed by atoms with Crippen LogP contribution in [0.5, 0.6) is 0 Å². The number of nitrogens with one attached hydrogen (secondary N) is 1. The van der Waals surface area contributed by atoms with E-state index in [0.717, 1.165) is 115 Å². The molecule has 113 heavy (non-hydrogen) atoms. The lowest BCUT2D eigenvalue weighted by Gasteiger charge is -2.34. The fraction of sp³-hybridized carbons (Fsp3) is 0.640. The van der Waals surface area contributed by atoms with Crippen molar-refractivity contribution in [2.75, 3.05) is 303 Å². The van der Waals surface area contributed by atoms with Gasteiger partial charge >= 0.3 is 13.6 Å². The van der Waals surface area contributed by atoms with Crippen molar-refractivity contribution < 1.29 is 91.5 Å². The Labute approximate surface area is 692 Å². The highest BCUT2D eigenvalue weighted by atomic mass is 31.2. The molecule has 2 unspecified atom stereocenters. The standard InChI is InChI=1S/C11H23NO3P.C10H18NO2.C9H15FNO.C9H13N2O.C9H13N2.2C9H16N.C8H16NO2P.C8H16N.C7H14N/c1-6-9-12(4,5)10-11-16(13,14-7-2)15-8-3;1-6-7-11(3,4)8-9(2)10(12)13-5;1-2-5-11(8-10)6-3-4-9(11)7-12;1-4-6-11(2,3)8-9-10-5-7-12-9;1-3-7-11(8-4-2)9-5-6-10-11;2*1-6-7-10(4,5)8-9(2)3;1-5-6-9(2,3)7-8-12(4,10)11;1-5-7-9(3,4)8-6-2;1-5-7-8(3,4)6-2/h1H,7-11H2,2-5H3;6H,1-2,7-8H2,3-5H3;1,9,12H,3-8H2;1,5,7H,6,8H2,2-3H3;1-2,10H,5-9H2;2*1H,2,7-8H2,3-5H3;1H,6-8H2,2-4H3;1H,6-8H2,2-4H3;1H,6-7H2,2-4H3/q7*+1;;2*+1/p+1/t;;9-,11?;;;;;;;/m..0......./s1. The Morgan fingerprint density at radius 2 is 1.02 bits per heavy atom. The van der Waals surface area contributed by atoms with Gasteiger partial charge < -0.3 is 64.1 Å². The third-order valence-corrected chi connectivity index (χ3v) is 20.1. The van der Waals surface area contributed by atoms with Crippen LogP contribution in [0.1, 0.15) is 73.1 Å². The minimum atomic E-state index is -2.92. The summed E-state index contributed by atoms with van der Waals surface area (Å²) in [5.41, 5.74) is 6.18. The van der Waals surface area contributed by atoms with Gasteiger partial charge in [0.05, 0.1) is 216 Å². The van der Waals surface area contributed by atoms with Gasteiger partial charge in [-0.05, 0) is 117 Å². The van der Waals surface area contributed by atoms with Gasteiger partial charge in [0.2, 0.25) is 20.1 Å². The quantitative estimate of drug-likeness (QED) is 0.0112. The van der Waals surface area contributed by atoms with Gasteiger partial charge in [0.15, 0.2) is 19.6 Å². The number of hydrogen-bond donors (Lipinski definition) is 3. The highest BCUT2D eigenvalue weighted by Gasteiger charge is 2.41. The summed E-state index contributed by atoms with van der Waals surface area (Å²) in [6.45, 7) is 46.2. The van der Waals surface area contributed by atoms with Crippen LogP contribution < -0.4 is 5.43 Å². The van der Waals surface area contributed by atoms with Gasteiger partial charge in [-0.15, -0.1) is 64.2 Å². The van der Waals surface area contributed by atoms with Crippen molar-refractivity contribution in [3.8, 4) is 123 Å². The molecular formula is C89H161FN12O9P2+10. The number of likely N-dealkylation sites (N-methyl/N-ethyl adjacent to an activating group) is 3. The molecule has 1 aromatic heterocycles. The first kappa shape index (κ1) is 119. The van der Waals surface area contributed by atoms with Gasteiger partial charge in [-0.25, -0.2) is 14.4 Å². The molecular weight excluding hydrogens is 1460 g/mol. The number of nitrogens with zero attached hydrogens (tertiary/aromatic N) is 11. The number of carbonyl (C=O) groups excluding carboxylic acids is 1. The molecule has 2 fully saturated rings. The van der Waals surface area contributed by atoms with Gasteiger partial charge in [0.1, 0.15) is 84.3 Å². The third-order valence-electron chi connectivity index (χ3n) is 17.0. The van der Waals surface area contributed by atoms with E-state index >= 15 is 0 Å². The molecule has 3 heterocycles. The molecule has 3 rings (SSSR count). The first-order valence-corrected chi connectivity index (χ1v) is 42.3. The van der Waals surface area contributed by atoms with Crippen LogP contribution >= 0.6 is 15.0 Å². The maximum atomic E-state index is 12.7. The second kappa shape index (κ2) is 63.3. The maximum absolute atomic E-state index is 12.7. The van der Waals surface area contributed by atoms with E-state index in [0.29, 0.717) is 113 Å². The number of alkyl halides is 1. The Morgan fingerprint density at radius 3 is 1.33 bits per heavy atom. The van der Waals surface area contributed by atoms with E-state index in [9.17, 15) is 18.3 Å². The van der Waals surface area contributed by atoms with Crippen molar-refractivity contribution in [3.63, 3.8) is 0 Å². The summed E-state index contributed by atoms with van der Waals surface area (Å²) in [5, 5.41) is 9.01. The number of rotatable bonds is 36. The van der Waals surface area contributed by atoms with Gasteiger partial charge in [-0.1, -0.05) is 33.2 Å². The Balaban J connectivity index is -0.000000222. The van der Waals surface area contributed by atoms with E-state index in [4.69, 9.17) is 87.7 Å². The normalized spacial score (nSPS) is 15.1. The smallest absolute Gasteiger partial charge is 0.338 e. The summed E-state index contributed by atoms with van der Waals surface area (Å²) in [6, 6.07) is 0.0195. The molecule has 2 saturated heterocycles. The average Bonchev–Trinajstić information content (AvgIpc) is 1.66. The molecule has 0 spiro atoms. The summed E-state index contributed by atoms with van der Waals surface area (Å²) >= 11 is 0. The van der Waals surface area contributed by atoms with Crippen molar-refractivity contribution in [3.05, 3.63) is 67.5 Å². The molecule has 3 N–H and O–H groups in total. The van der Waals surface area contributed by atoms with Crippen LogP contribution in [0, 0.1) is 123 Å². The zero-order valence-corrected chi connectivity index (χ0v) is 77.3. The fourth-order valence-electron chi connectivity index (χ4n) is 11.0. The number of likely N-dealkylation sites (tertiary alicyclic amines) is 1. The van der Waals surface area contributed by atoms with E-state index in [-0.39, 0.29) is 23.1 Å². The predicted octanol–water partition coefficient (Wildman–Crippen LogP) is 9.28. The molecule has 3 atom stereocenters. The molecule has 2 aliphatic rings. The van der Waals surface area contributed by atoms with Crippen molar-refractivity contribution in [2.45, 2.75) is 79.8 Å². The van der Waals surface area contributed by atoms with Crippen LogP contribution in [-0.2, 0) is 34.3 Å². The van der Waals surface area contributed by atoms with Crippen molar-refractivity contribution in [1.82, 2.24) is 10.4 Å². The number of terminal acetylenes is 10. The third kappa shape index (κ3) is 70.2. The molecule has 24 heteroatoms. The molecule has 0 amide bonds. The maximum Gasteiger partial charge on any atom is 0.338 e. The Bertz CT molecular complexity index is 3320. The lowest BCUT2D eigenvalue weighted by atomic mass is 10.2. The summed E-state index contributed by atoms with van der Waals surface area (Å²) < 4.78 is 63.1. The lowest BCUT2D eigenvalue weighted by Crippen LogP contribution is -2.53. The molecule has 0 bridgehead atoms. The number of oxazole rings is 1. The lowest BCUT2D eigenvalue weighted by molar-refractivity contribution is -0.944. The number of carbonyl (C=O) groups is 1. The van der Waals surface area contributed by atoms with E-state index in [1.54, 1.807) is 12.5 Å². The van der Waals surface area contributed by atoms with Crippen LogP contribution in [0.3, 0.4) is 0 Å². The zero-order chi connectivity index (χ0) is 89.5. The number of aromatic nitrogens is 1. The van der Waals surface area contributed by atoms with Crippen LogP contribution in [0.25, 0.3) is 0 Å². The molecule has 2 aliphatic heterocycles. The van der Waals surface area contributed by atoms with Crippen molar-refractivity contribution in [1.29, 1.82) is 0 Å². The summed E-state index contributed by atoms with van der Waals surface area (Å²) in [6.07, 6.45) is 62.0. The summed E-state index contributed by atoms with van der Waals surface area (Å²) in [5.74, 6) is 26.5. The molecule has 1 aromatic rings. The minimum absolute atomic E-state index is 0.0195. The highest BCUT2D eigenvalue weighted by molar-refractivity contribution is 7.57. The summed E-state index contributed by atoms with van der Waals surface area (Å²) in [4.78, 5) is 24.1. The number of halogens is 1. The van der Waals surface area contributed by atoms with Gasteiger partial charge in [0.25, 0.3) is 0 Å². The molecule has 21 nitrogen and oxygen atoms in total. The Hall–Kier alpha value is -6.97. The summed E-state index contributed by atoms with van der Waals surface area (Å²) in [7, 11) is 28.6. The molecule has 0 radical (unpaired) electrons. The molecule has 0 saturated carbocycles. The van der Waals surface area contributed by atoms with E-state index < -0.39 is 21.8 Å². The topological polar surface area (TPSA) is 157 Å².